The summed E-state index contributed by atoms with van der Waals surface area (Å²) in [5.74, 6) is 5.49. The number of nitro groups is 1. The molecule has 0 aliphatic carbocycles. The number of hydrogen-bond acceptors (Lipinski definition) is 6. The van der Waals surface area contributed by atoms with Gasteiger partial charge in [0.25, 0.3) is 0 Å². The number of nitrogen functional groups attached to an aromatic ring is 1. The molecular formula is C6H8N4O3. The van der Waals surface area contributed by atoms with Gasteiger partial charge in [-0.3, -0.25) is 10.1 Å². The van der Waals surface area contributed by atoms with Crippen molar-refractivity contribution in [2.75, 3.05) is 12.5 Å². The molecule has 1 rings (SSSR count). The highest BCUT2D eigenvalue weighted by Crippen LogP contribution is 2.26. The largest absolute Gasteiger partial charge is 0.490 e. The minimum Gasteiger partial charge on any atom is -0.490 e. The molecule has 0 aliphatic rings. The molecule has 0 unspecified atom stereocenters. The molecule has 0 saturated heterocycles. The van der Waals surface area contributed by atoms with Crippen molar-refractivity contribution in [3.63, 3.8) is 0 Å². The molecule has 70 valence electrons. The van der Waals surface area contributed by atoms with E-state index in [2.05, 4.69) is 10.4 Å². The molecule has 0 aromatic carbocycles. The first-order valence-electron chi connectivity index (χ1n) is 3.34. The standard InChI is InChI=1S/C6H8N4O3/c1-13-5-2-6(9-7)8-3-4(5)10(11)12/h2-3H,7H2,1H3,(H,8,9). The molecule has 0 aliphatic heterocycles. The van der Waals surface area contributed by atoms with Crippen molar-refractivity contribution in [1.29, 1.82) is 0 Å². The minimum absolute atomic E-state index is 0.118. The van der Waals surface area contributed by atoms with Crippen molar-refractivity contribution in [1.82, 2.24) is 4.98 Å². The third kappa shape index (κ3) is 1.82. The summed E-state index contributed by atoms with van der Waals surface area (Å²) in [6.07, 6.45) is 1.08. The summed E-state index contributed by atoms with van der Waals surface area (Å²) >= 11 is 0. The SMILES string of the molecule is COc1cc(NN)ncc1[N+](=O)[O-]. The molecule has 0 saturated carbocycles. The van der Waals surface area contributed by atoms with Crippen molar-refractivity contribution in [3.8, 4) is 5.75 Å². The number of hydrogen-bond donors (Lipinski definition) is 2. The molecule has 0 fully saturated rings. The Bertz CT molecular complexity index is 328. The maximum Gasteiger partial charge on any atom is 0.329 e. The molecule has 3 N–H and O–H groups in total. The van der Waals surface area contributed by atoms with Crippen LogP contribution in [-0.2, 0) is 0 Å². The Morgan fingerprint density at radius 2 is 2.46 bits per heavy atom. The fraction of sp³-hybridized carbons (Fsp3) is 0.167. The second-order valence-corrected chi connectivity index (χ2v) is 2.14. The Labute approximate surface area is 73.6 Å². The van der Waals surface area contributed by atoms with Crippen molar-refractivity contribution < 1.29 is 9.66 Å². The van der Waals surface area contributed by atoms with Gasteiger partial charge in [0.15, 0.2) is 0 Å². The summed E-state index contributed by atoms with van der Waals surface area (Å²) in [4.78, 5) is 13.5. The van der Waals surface area contributed by atoms with Crippen LogP contribution in [-0.4, -0.2) is 17.0 Å². The molecule has 1 aromatic heterocycles. The van der Waals surface area contributed by atoms with E-state index in [0.717, 1.165) is 6.20 Å². The number of pyridine rings is 1. The Kier molecular flexibility index (Phi) is 2.60. The van der Waals surface area contributed by atoms with Gasteiger partial charge in [-0.25, -0.2) is 10.8 Å². The Morgan fingerprint density at radius 1 is 1.77 bits per heavy atom. The number of nitrogens with zero attached hydrogens (tertiary/aromatic N) is 2. The van der Waals surface area contributed by atoms with E-state index in [4.69, 9.17) is 10.6 Å². The molecule has 0 radical (unpaired) electrons. The smallest absolute Gasteiger partial charge is 0.329 e. The van der Waals surface area contributed by atoms with E-state index in [-0.39, 0.29) is 11.4 Å². The number of nitrogens with two attached hydrogens (primary N) is 1. The van der Waals surface area contributed by atoms with E-state index >= 15 is 0 Å². The monoisotopic (exact) mass is 184 g/mol. The van der Waals surface area contributed by atoms with Gasteiger partial charge < -0.3 is 10.2 Å². The van der Waals surface area contributed by atoms with Crippen molar-refractivity contribution in [2.45, 2.75) is 0 Å². The van der Waals surface area contributed by atoms with E-state index in [0.29, 0.717) is 5.82 Å². The first kappa shape index (κ1) is 9.20. The van der Waals surface area contributed by atoms with Gasteiger partial charge in [-0.2, -0.15) is 0 Å². The number of hydrazine groups is 1. The number of rotatable bonds is 3. The Hall–Kier alpha value is -1.89. The lowest BCUT2D eigenvalue weighted by Crippen LogP contribution is -2.08. The van der Waals surface area contributed by atoms with Crippen LogP contribution in [0.5, 0.6) is 5.75 Å². The Morgan fingerprint density at radius 3 is 2.92 bits per heavy atom. The molecule has 0 bridgehead atoms. The number of ether oxygens (including phenoxy) is 1. The Balaban J connectivity index is 3.15. The zero-order valence-corrected chi connectivity index (χ0v) is 6.85. The quantitative estimate of drug-likeness (QED) is 0.397. The van der Waals surface area contributed by atoms with Gasteiger partial charge in [0, 0.05) is 6.07 Å². The van der Waals surface area contributed by atoms with Crippen LogP contribution in [0.1, 0.15) is 0 Å². The van der Waals surface area contributed by atoms with Gasteiger partial charge in [-0.05, 0) is 0 Å². The topological polar surface area (TPSA) is 103 Å². The van der Waals surface area contributed by atoms with Crippen molar-refractivity contribution in [3.05, 3.63) is 22.4 Å². The van der Waals surface area contributed by atoms with E-state index in [1.807, 2.05) is 0 Å². The lowest BCUT2D eigenvalue weighted by atomic mass is 10.4. The summed E-state index contributed by atoms with van der Waals surface area (Å²) < 4.78 is 4.77. The van der Waals surface area contributed by atoms with Gasteiger partial charge in [0.2, 0.25) is 5.75 Å². The summed E-state index contributed by atoms with van der Waals surface area (Å²) in [6, 6.07) is 1.35. The second-order valence-electron chi connectivity index (χ2n) is 2.14. The van der Waals surface area contributed by atoms with E-state index in [1.54, 1.807) is 0 Å². The van der Waals surface area contributed by atoms with Crippen LogP contribution in [0.2, 0.25) is 0 Å². The lowest BCUT2D eigenvalue weighted by molar-refractivity contribution is -0.386. The van der Waals surface area contributed by atoms with Crippen LogP contribution >= 0.6 is 0 Å². The van der Waals surface area contributed by atoms with Crippen molar-refractivity contribution in [2.24, 2.45) is 5.84 Å². The van der Waals surface area contributed by atoms with Crippen LogP contribution in [0.25, 0.3) is 0 Å². The fourth-order valence-electron chi connectivity index (χ4n) is 0.809. The summed E-state index contributed by atoms with van der Waals surface area (Å²) in [5.41, 5.74) is 2.06. The predicted molar refractivity (Wildman–Crippen MR) is 45.3 cm³/mol. The van der Waals surface area contributed by atoms with Gasteiger partial charge >= 0.3 is 5.69 Å². The van der Waals surface area contributed by atoms with Gasteiger partial charge in [0.05, 0.1) is 12.0 Å². The van der Waals surface area contributed by atoms with Gasteiger partial charge in [-0.1, -0.05) is 0 Å². The molecule has 0 spiro atoms. The normalized spacial score (nSPS) is 9.38. The fourth-order valence-corrected chi connectivity index (χ4v) is 0.809. The molecule has 0 amide bonds. The zero-order chi connectivity index (χ0) is 9.84. The zero-order valence-electron chi connectivity index (χ0n) is 6.85. The van der Waals surface area contributed by atoms with Gasteiger partial charge in [-0.15, -0.1) is 0 Å². The second kappa shape index (κ2) is 3.68. The van der Waals surface area contributed by atoms with Crippen LogP contribution in [0.3, 0.4) is 0 Å². The highest BCUT2D eigenvalue weighted by molar-refractivity contribution is 5.51. The van der Waals surface area contributed by atoms with Gasteiger partial charge in [0.1, 0.15) is 12.0 Å². The highest BCUT2D eigenvalue weighted by atomic mass is 16.6. The molecular weight excluding hydrogens is 176 g/mol. The van der Waals surface area contributed by atoms with Crippen molar-refractivity contribution >= 4 is 11.5 Å². The summed E-state index contributed by atoms with van der Waals surface area (Å²) in [6.45, 7) is 0. The third-order valence-corrected chi connectivity index (χ3v) is 1.41. The number of methoxy groups -OCH3 is 1. The molecule has 1 heterocycles. The molecule has 7 nitrogen and oxygen atoms in total. The van der Waals surface area contributed by atoms with Crippen LogP contribution in [0.15, 0.2) is 12.3 Å². The average Bonchev–Trinajstić information content (AvgIpc) is 2.16. The summed E-state index contributed by atoms with van der Waals surface area (Å²) in [5, 5.41) is 10.4. The lowest BCUT2D eigenvalue weighted by Gasteiger charge is -2.02. The number of nitrogens with one attached hydrogen (secondary N) is 1. The molecule has 1 aromatic rings. The average molecular weight is 184 g/mol. The third-order valence-electron chi connectivity index (χ3n) is 1.41. The number of anilines is 1. The first-order chi connectivity index (χ1) is 6.19. The molecule has 0 atom stereocenters. The van der Waals surface area contributed by atoms with E-state index < -0.39 is 4.92 Å². The molecule has 7 heteroatoms. The van der Waals surface area contributed by atoms with Crippen LogP contribution in [0.4, 0.5) is 11.5 Å². The van der Waals surface area contributed by atoms with Crippen LogP contribution < -0.4 is 16.0 Å². The van der Waals surface area contributed by atoms with E-state index in [9.17, 15) is 10.1 Å². The maximum atomic E-state index is 10.4. The predicted octanol–water partition coefficient (Wildman–Crippen LogP) is 0.284. The minimum atomic E-state index is -0.577. The van der Waals surface area contributed by atoms with Crippen LogP contribution in [0, 0.1) is 10.1 Å². The first-order valence-corrected chi connectivity index (χ1v) is 3.34. The summed E-state index contributed by atoms with van der Waals surface area (Å²) in [7, 11) is 1.34. The maximum absolute atomic E-state index is 10.4. The number of aromatic nitrogens is 1. The molecule has 13 heavy (non-hydrogen) atoms. The highest BCUT2D eigenvalue weighted by Gasteiger charge is 2.15. The van der Waals surface area contributed by atoms with E-state index in [1.165, 1.54) is 13.2 Å².